The lowest BCUT2D eigenvalue weighted by Crippen LogP contribution is -2.40. The first kappa shape index (κ1) is 33.4. The fraction of sp³-hybridized carbons (Fsp3) is 0.182. The van der Waals surface area contributed by atoms with Gasteiger partial charge in [0.15, 0.2) is 0 Å². The molecule has 6 rings (SSSR count). The molecule has 0 radical (unpaired) electrons. The normalized spacial score (nSPS) is 11.5. The van der Waals surface area contributed by atoms with Gasteiger partial charge in [0, 0.05) is 0 Å². The van der Waals surface area contributed by atoms with Crippen molar-refractivity contribution in [3.63, 3.8) is 0 Å². The maximum atomic E-state index is 7.19. The first-order chi connectivity index (χ1) is 24.1. The van der Waals surface area contributed by atoms with Crippen molar-refractivity contribution in [2.24, 2.45) is 0 Å². The molecular formula is C44H42O5. The predicted molar refractivity (Wildman–Crippen MR) is 195 cm³/mol. The van der Waals surface area contributed by atoms with E-state index in [1.165, 1.54) is 0 Å². The molecule has 0 N–H and O–H groups in total. The average molecular weight is 651 g/mol. The summed E-state index contributed by atoms with van der Waals surface area (Å²) in [6.07, 6.45) is 0. The molecule has 0 bridgehead atoms. The van der Waals surface area contributed by atoms with Crippen molar-refractivity contribution in [2.75, 3.05) is 41.7 Å². The van der Waals surface area contributed by atoms with Crippen LogP contribution in [0, 0.1) is 0 Å². The van der Waals surface area contributed by atoms with Crippen molar-refractivity contribution in [1.29, 1.82) is 0 Å². The van der Waals surface area contributed by atoms with Gasteiger partial charge in [0.2, 0.25) is 0 Å². The largest absolute Gasteiger partial charge is 0.497 e. The van der Waals surface area contributed by atoms with Gasteiger partial charge in [0.05, 0.1) is 52.5 Å². The minimum absolute atomic E-state index is 0.358. The fourth-order valence-corrected chi connectivity index (χ4v) is 6.80. The number of benzene rings is 6. The Morgan fingerprint density at radius 1 is 0.306 bits per heavy atom. The van der Waals surface area contributed by atoms with Crippen molar-refractivity contribution < 1.29 is 23.7 Å². The molecule has 0 aliphatic carbocycles. The molecule has 0 saturated heterocycles. The summed E-state index contributed by atoms with van der Waals surface area (Å²) in [4.78, 5) is 0. The lowest BCUT2D eigenvalue weighted by atomic mass is 9.69. The van der Waals surface area contributed by atoms with E-state index in [4.69, 9.17) is 23.7 Å². The zero-order chi connectivity index (χ0) is 34.1. The molecule has 5 heteroatoms. The maximum Gasteiger partial charge on any atom is 0.118 e. The van der Waals surface area contributed by atoms with Gasteiger partial charge in [-0.15, -0.1) is 0 Å². The number of hydrogen-bond acceptors (Lipinski definition) is 5. The summed E-state index contributed by atoms with van der Waals surface area (Å²) >= 11 is 0. The summed E-state index contributed by atoms with van der Waals surface area (Å²) in [6.45, 7) is 0.715. The summed E-state index contributed by atoms with van der Waals surface area (Å²) < 4.78 is 29.4. The van der Waals surface area contributed by atoms with E-state index in [1.807, 2.05) is 60.7 Å². The van der Waals surface area contributed by atoms with E-state index < -0.39 is 10.8 Å². The molecule has 0 aliphatic rings. The molecule has 0 unspecified atom stereocenters. The summed E-state index contributed by atoms with van der Waals surface area (Å²) in [5, 5.41) is 0. The van der Waals surface area contributed by atoms with Crippen molar-refractivity contribution in [1.82, 2.24) is 0 Å². The Hall–Kier alpha value is -5.52. The topological polar surface area (TPSA) is 46.2 Å². The zero-order valence-corrected chi connectivity index (χ0v) is 28.5. The van der Waals surface area contributed by atoms with Crippen molar-refractivity contribution in [3.05, 3.63) is 191 Å². The van der Waals surface area contributed by atoms with Gasteiger partial charge in [0.1, 0.15) is 23.0 Å². The highest BCUT2D eigenvalue weighted by atomic mass is 16.5. The Morgan fingerprint density at radius 2 is 0.531 bits per heavy atom. The Labute approximate surface area is 289 Å². The first-order valence-corrected chi connectivity index (χ1v) is 16.3. The Kier molecular flexibility index (Phi) is 10.3. The Bertz CT molecular complexity index is 1650. The van der Waals surface area contributed by atoms with Crippen LogP contribution in [0.2, 0.25) is 0 Å². The zero-order valence-electron chi connectivity index (χ0n) is 28.5. The van der Waals surface area contributed by atoms with E-state index in [0.29, 0.717) is 13.2 Å². The molecule has 0 amide bonds. The summed E-state index contributed by atoms with van der Waals surface area (Å²) in [6, 6.07) is 54.3. The predicted octanol–water partition coefficient (Wildman–Crippen LogP) is 9.11. The summed E-state index contributed by atoms with van der Waals surface area (Å²) in [5.41, 5.74) is 5.25. The third kappa shape index (κ3) is 6.63. The van der Waals surface area contributed by atoms with Crippen LogP contribution < -0.4 is 18.9 Å². The van der Waals surface area contributed by atoms with Crippen LogP contribution in [0.1, 0.15) is 33.4 Å². The third-order valence-electron chi connectivity index (χ3n) is 9.50. The standard InChI is InChI=1S/C44H42O5/c1-45-39-23-15-35(16-24-39)43(33-11-7-5-8-12-33,36-17-25-40(46-2)26-18-36)31-49-32-44(34-13-9-6-10-14-34,37-19-27-41(47-3)28-20-37)38-21-29-42(48-4)30-22-38/h5-30H,31-32H2,1-4H3. The van der Waals surface area contributed by atoms with E-state index in [0.717, 1.165) is 56.4 Å². The molecule has 49 heavy (non-hydrogen) atoms. The molecule has 6 aromatic carbocycles. The number of methoxy groups -OCH3 is 4. The van der Waals surface area contributed by atoms with Crippen LogP contribution in [0.5, 0.6) is 23.0 Å². The highest BCUT2D eigenvalue weighted by Gasteiger charge is 2.41. The molecule has 0 heterocycles. The van der Waals surface area contributed by atoms with Gasteiger partial charge < -0.3 is 23.7 Å². The minimum Gasteiger partial charge on any atom is -0.497 e. The fourth-order valence-electron chi connectivity index (χ4n) is 6.80. The molecule has 248 valence electrons. The lowest BCUT2D eigenvalue weighted by molar-refractivity contribution is 0.0844. The van der Waals surface area contributed by atoms with Crippen LogP contribution in [0.15, 0.2) is 158 Å². The van der Waals surface area contributed by atoms with Gasteiger partial charge >= 0.3 is 0 Å². The van der Waals surface area contributed by atoms with Crippen molar-refractivity contribution >= 4 is 0 Å². The second-order valence-electron chi connectivity index (χ2n) is 11.9. The van der Waals surface area contributed by atoms with E-state index in [2.05, 4.69) is 97.1 Å². The summed E-state index contributed by atoms with van der Waals surface area (Å²) in [7, 11) is 6.75. The first-order valence-electron chi connectivity index (χ1n) is 16.3. The van der Waals surface area contributed by atoms with Crippen molar-refractivity contribution in [2.45, 2.75) is 10.8 Å². The average Bonchev–Trinajstić information content (AvgIpc) is 3.19. The Balaban J connectivity index is 1.53. The highest BCUT2D eigenvalue weighted by molar-refractivity contribution is 5.54. The van der Waals surface area contributed by atoms with Crippen LogP contribution in [0.25, 0.3) is 0 Å². The molecule has 6 aromatic rings. The van der Waals surface area contributed by atoms with Crippen LogP contribution >= 0.6 is 0 Å². The second kappa shape index (κ2) is 15.1. The van der Waals surface area contributed by atoms with E-state index in [1.54, 1.807) is 28.4 Å². The van der Waals surface area contributed by atoms with Crippen LogP contribution in [-0.2, 0) is 15.6 Å². The van der Waals surface area contributed by atoms with Gasteiger partial charge in [0.25, 0.3) is 0 Å². The maximum absolute atomic E-state index is 7.19. The third-order valence-corrected chi connectivity index (χ3v) is 9.50. The van der Waals surface area contributed by atoms with Crippen LogP contribution in [-0.4, -0.2) is 41.7 Å². The van der Waals surface area contributed by atoms with E-state index in [9.17, 15) is 0 Å². The number of hydrogen-bond donors (Lipinski definition) is 0. The number of ether oxygens (including phenoxy) is 5. The molecule has 0 fully saturated rings. The van der Waals surface area contributed by atoms with Gasteiger partial charge in [-0.2, -0.15) is 0 Å². The van der Waals surface area contributed by atoms with Gasteiger partial charge in [-0.3, -0.25) is 0 Å². The van der Waals surface area contributed by atoms with Crippen LogP contribution in [0.4, 0.5) is 0 Å². The second-order valence-corrected chi connectivity index (χ2v) is 11.9. The monoisotopic (exact) mass is 650 g/mol. The van der Waals surface area contributed by atoms with Crippen LogP contribution in [0.3, 0.4) is 0 Å². The molecular weight excluding hydrogens is 608 g/mol. The van der Waals surface area contributed by atoms with Gasteiger partial charge in [-0.05, 0) is 81.9 Å². The number of rotatable bonds is 14. The lowest BCUT2D eigenvalue weighted by Gasteiger charge is -2.39. The highest BCUT2D eigenvalue weighted by Crippen LogP contribution is 2.44. The Morgan fingerprint density at radius 3 is 0.755 bits per heavy atom. The SMILES string of the molecule is COc1ccc(C(COCC(c2ccccc2)(c2ccc(OC)cc2)c2ccc(OC)cc2)(c2ccccc2)c2ccc(OC)cc2)cc1. The van der Waals surface area contributed by atoms with E-state index in [-0.39, 0.29) is 0 Å². The molecule has 0 saturated carbocycles. The smallest absolute Gasteiger partial charge is 0.118 e. The van der Waals surface area contributed by atoms with Gasteiger partial charge in [-0.25, -0.2) is 0 Å². The molecule has 0 aromatic heterocycles. The molecule has 0 atom stereocenters. The molecule has 0 spiro atoms. The molecule has 0 aliphatic heterocycles. The van der Waals surface area contributed by atoms with Crippen molar-refractivity contribution in [3.8, 4) is 23.0 Å². The minimum atomic E-state index is -0.665. The quantitative estimate of drug-likeness (QED) is 0.110. The molecule has 5 nitrogen and oxygen atoms in total. The summed E-state index contributed by atoms with van der Waals surface area (Å²) in [5.74, 6) is 3.18. The van der Waals surface area contributed by atoms with E-state index >= 15 is 0 Å². The van der Waals surface area contributed by atoms with Gasteiger partial charge in [-0.1, -0.05) is 109 Å².